The molecule has 0 bridgehead atoms. The monoisotopic (exact) mass is 269 g/mol. The normalized spacial score (nSPS) is 11.4. The van der Waals surface area contributed by atoms with Gasteiger partial charge in [-0.2, -0.15) is 4.98 Å². The Morgan fingerprint density at radius 3 is 2.72 bits per heavy atom. The number of aromatic nitrogens is 1. The highest BCUT2D eigenvalue weighted by molar-refractivity contribution is 7.16. The molecule has 0 amide bonds. The molecule has 1 rings (SSSR count). The summed E-state index contributed by atoms with van der Waals surface area (Å²) in [5, 5.41) is 4.33. The van der Waals surface area contributed by atoms with E-state index >= 15 is 0 Å². The molecule has 0 aliphatic heterocycles. The largest absolute Gasteiger partial charge is 0.480 e. The summed E-state index contributed by atoms with van der Waals surface area (Å²) in [6.45, 7) is 6.31. The van der Waals surface area contributed by atoms with Crippen molar-refractivity contribution < 1.29 is 4.74 Å². The number of nitrogens with one attached hydrogen (secondary N) is 1. The van der Waals surface area contributed by atoms with Crippen molar-refractivity contribution in [3.63, 3.8) is 0 Å². The van der Waals surface area contributed by atoms with Crippen molar-refractivity contribution in [2.45, 2.75) is 13.8 Å². The van der Waals surface area contributed by atoms with E-state index in [1.165, 1.54) is 0 Å². The van der Waals surface area contributed by atoms with Crippen LogP contribution in [0.4, 0.5) is 5.13 Å². The van der Waals surface area contributed by atoms with Crippen LogP contribution in [0.2, 0.25) is 0 Å². The number of hydrogen-bond acceptors (Lipinski definition) is 5. The Balaban J connectivity index is 2.57. The van der Waals surface area contributed by atoms with E-state index in [-0.39, 0.29) is 0 Å². The minimum absolute atomic E-state index is 0.677. The molecule has 0 radical (unpaired) electrons. The molecule has 0 aliphatic carbocycles. The minimum Gasteiger partial charge on any atom is -0.480 e. The van der Waals surface area contributed by atoms with Gasteiger partial charge < -0.3 is 15.0 Å². The fourth-order valence-corrected chi connectivity index (χ4v) is 2.26. The van der Waals surface area contributed by atoms with Gasteiger partial charge >= 0.3 is 0 Å². The molecule has 5 heteroatoms. The van der Waals surface area contributed by atoms with E-state index in [1.807, 2.05) is 19.0 Å². The molecular formula is C13H23N3OS. The van der Waals surface area contributed by atoms with E-state index in [0.29, 0.717) is 11.8 Å². The summed E-state index contributed by atoms with van der Waals surface area (Å²) >= 11 is 1.63. The zero-order chi connectivity index (χ0) is 13.5. The van der Waals surface area contributed by atoms with E-state index in [0.717, 1.165) is 23.1 Å². The summed E-state index contributed by atoms with van der Waals surface area (Å²) < 4.78 is 5.27. The van der Waals surface area contributed by atoms with Crippen molar-refractivity contribution >= 4 is 22.5 Å². The van der Waals surface area contributed by atoms with Crippen LogP contribution in [0.25, 0.3) is 6.08 Å². The van der Waals surface area contributed by atoms with Gasteiger partial charge in [0.2, 0.25) is 5.88 Å². The van der Waals surface area contributed by atoms with E-state index in [9.17, 15) is 0 Å². The van der Waals surface area contributed by atoms with Gasteiger partial charge in [-0.05, 0) is 18.5 Å². The molecule has 102 valence electrons. The van der Waals surface area contributed by atoms with Crippen molar-refractivity contribution in [3.8, 4) is 5.88 Å². The molecule has 4 nitrogen and oxygen atoms in total. The maximum atomic E-state index is 5.27. The summed E-state index contributed by atoms with van der Waals surface area (Å²) in [6.07, 6.45) is 4.18. The SMILES string of the molecule is COc1nc(N(C)C)sc1C=CCNCC(C)C. The molecule has 1 aromatic rings. The molecule has 1 heterocycles. The second-order valence-corrected chi connectivity index (χ2v) is 5.73. The van der Waals surface area contributed by atoms with Gasteiger partial charge in [-0.3, -0.25) is 0 Å². The average Bonchev–Trinajstić information content (AvgIpc) is 2.71. The van der Waals surface area contributed by atoms with Crippen molar-refractivity contribution in [1.82, 2.24) is 10.3 Å². The number of anilines is 1. The second-order valence-electron chi connectivity index (χ2n) is 4.72. The molecule has 0 spiro atoms. The Kier molecular flexibility index (Phi) is 6.15. The highest BCUT2D eigenvalue weighted by atomic mass is 32.1. The molecular weight excluding hydrogens is 246 g/mol. The van der Waals surface area contributed by atoms with Crippen LogP contribution < -0.4 is 15.0 Å². The first-order valence-electron chi connectivity index (χ1n) is 6.14. The van der Waals surface area contributed by atoms with E-state index in [4.69, 9.17) is 4.74 Å². The van der Waals surface area contributed by atoms with Gasteiger partial charge in [-0.25, -0.2) is 0 Å². The summed E-state index contributed by atoms with van der Waals surface area (Å²) in [7, 11) is 5.62. The van der Waals surface area contributed by atoms with Gasteiger partial charge in [0.1, 0.15) is 0 Å². The lowest BCUT2D eigenvalue weighted by molar-refractivity contribution is 0.400. The topological polar surface area (TPSA) is 37.4 Å². The molecule has 0 atom stereocenters. The third kappa shape index (κ3) is 4.66. The first kappa shape index (κ1) is 15.0. The van der Waals surface area contributed by atoms with Gasteiger partial charge in [0, 0.05) is 20.6 Å². The lowest BCUT2D eigenvalue weighted by Gasteiger charge is -2.04. The number of rotatable bonds is 7. The van der Waals surface area contributed by atoms with Crippen LogP contribution in [0, 0.1) is 5.92 Å². The third-order valence-corrected chi connectivity index (χ3v) is 3.44. The lowest BCUT2D eigenvalue weighted by Crippen LogP contribution is -2.19. The fraction of sp³-hybridized carbons (Fsp3) is 0.615. The van der Waals surface area contributed by atoms with Crippen LogP contribution in [0.5, 0.6) is 5.88 Å². The Morgan fingerprint density at radius 1 is 1.44 bits per heavy atom. The fourth-order valence-electron chi connectivity index (χ4n) is 1.37. The van der Waals surface area contributed by atoms with Gasteiger partial charge in [0.05, 0.1) is 12.0 Å². The van der Waals surface area contributed by atoms with Gasteiger partial charge in [-0.1, -0.05) is 31.3 Å². The smallest absolute Gasteiger partial charge is 0.233 e. The van der Waals surface area contributed by atoms with Crippen LogP contribution in [0.15, 0.2) is 6.08 Å². The maximum absolute atomic E-state index is 5.27. The highest BCUT2D eigenvalue weighted by Crippen LogP contribution is 2.31. The van der Waals surface area contributed by atoms with Crippen LogP contribution >= 0.6 is 11.3 Å². The standard InChI is InChI=1S/C13H23N3OS/c1-10(2)9-14-8-6-7-11-12(17-5)15-13(18-11)16(3)4/h6-7,10,14H,8-9H2,1-5H3. The van der Waals surface area contributed by atoms with Crippen molar-refractivity contribution in [2.75, 3.05) is 39.2 Å². The lowest BCUT2D eigenvalue weighted by atomic mass is 10.2. The quantitative estimate of drug-likeness (QED) is 0.772. The van der Waals surface area contributed by atoms with Gasteiger partial charge in [0.25, 0.3) is 0 Å². The average molecular weight is 269 g/mol. The van der Waals surface area contributed by atoms with Gasteiger partial charge in [-0.15, -0.1) is 0 Å². The number of methoxy groups -OCH3 is 1. The number of nitrogens with zero attached hydrogens (tertiary/aromatic N) is 2. The van der Waals surface area contributed by atoms with E-state index < -0.39 is 0 Å². The zero-order valence-corrected chi connectivity index (χ0v) is 12.7. The predicted molar refractivity (Wildman–Crippen MR) is 79.7 cm³/mol. The molecule has 0 saturated heterocycles. The number of hydrogen-bond donors (Lipinski definition) is 1. The van der Waals surface area contributed by atoms with Gasteiger partial charge in [0.15, 0.2) is 5.13 Å². The molecule has 0 unspecified atom stereocenters. The summed E-state index contributed by atoms with van der Waals surface area (Å²) in [4.78, 5) is 7.46. The first-order valence-corrected chi connectivity index (χ1v) is 6.95. The summed E-state index contributed by atoms with van der Waals surface area (Å²) in [6, 6.07) is 0. The Labute approximate surface area is 114 Å². The predicted octanol–water partition coefficient (Wildman–Crippen LogP) is 2.48. The second kappa shape index (κ2) is 7.38. The maximum Gasteiger partial charge on any atom is 0.233 e. The Bertz CT molecular complexity index is 386. The van der Waals surface area contributed by atoms with Crippen LogP contribution in [-0.2, 0) is 0 Å². The minimum atomic E-state index is 0.677. The summed E-state index contributed by atoms with van der Waals surface area (Å²) in [5.74, 6) is 1.38. The molecule has 0 fully saturated rings. The molecule has 1 aromatic heterocycles. The zero-order valence-electron chi connectivity index (χ0n) is 11.9. The van der Waals surface area contributed by atoms with E-state index in [1.54, 1.807) is 18.4 Å². The van der Waals surface area contributed by atoms with Crippen molar-refractivity contribution in [2.24, 2.45) is 5.92 Å². The van der Waals surface area contributed by atoms with E-state index in [2.05, 4.69) is 36.3 Å². The van der Waals surface area contributed by atoms with Crippen LogP contribution in [0.1, 0.15) is 18.7 Å². The highest BCUT2D eigenvalue weighted by Gasteiger charge is 2.10. The number of thiazole rings is 1. The third-order valence-electron chi connectivity index (χ3n) is 2.27. The molecule has 0 aliphatic rings. The van der Waals surface area contributed by atoms with Crippen LogP contribution in [-0.4, -0.2) is 39.3 Å². The Hall–Kier alpha value is -1.07. The summed E-state index contributed by atoms with van der Waals surface area (Å²) in [5.41, 5.74) is 0. The molecule has 18 heavy (non-hydrogen) atoms. The van der Waals surface area contributed by atoms with Crippen LogP contribution in [0.3, 0.4) is 0 Å². The molecule has 0 saturated carbocycles. The first-order chi connectivity index (χ1) is 8.54. The molecule has 1 N–H and O–H groups in total. The molecule has 0 aromatic carbocycles. The van der Waals surface area contributed by atoms with Crippen molar-refractivity contribution in [3.05, 3.63) is 11.0 Å². The Morgan fingerprint density at radius 2 is 2.17 bits per heavy atom. The van der Waals surface area contributed by atoms with Crippen molar-refractivity contribution in [1.29, 1.82) is 0 Å². The number of ether oxygens (including phenoxy) is 1.